The van der Waals surface area contributed by atoms with Gasteiger partial charge in [0.1, 0.15) is 0 Å². The maximum Gasteiger partial charge on any atom is 0.0443 e. The highest BCUT2D eigenvalue weighted by molar-refractivity contribution is 6.31. The van der Waals surface area contributed by atoms with E-state index in [9.17, 15) is 0 Å². The molecular weight excluding hydrogens is 192 g/mol. The fraction of sp³-hybridized carbons (Fsp3) is 0.385. The molecule has 14 heavy (non-hydrogen) atoms. The second-order valence-electron chi connectivity index (χ2n) is 3.88. The fourth-order valence-electron chi connectivity index (χ4n) is 1.56. The number of hydrogen-bond donors (Lipinski definition) is 0. The zero-order valence-corrected chi connectivity index (χ0v) is 9.86. The van der Waals surface area contributed by atoms with Crippen molar-refractivity contribution in [1.82, 2.24) is 0 Å². The number of hydrogen-bond acceptors (Lipinski definition) is 0. The van der Waals surface area contributed by atoms with E-state index in [0.717, 1.165) is 11.4 Å². The van der Waals surface area contributed by atoms with Crippen molar-refractivity contribution in [2.45, 2.75) is 33.1 Å². The lowest BCUT2D eigenvalue weighted by atomic mass is 9.94. The Kier molecular flexibility index (Phi) is 3.77. The van der Waals surface area contributed by atoms with E-state index in [4.69, 9.17) is 11.6 Å². The molecule has 0 nitrogen and oxygen atoms in total. The third kappa shape index (κ3) is 2.39. The van der Waals surface area contributed by atoms with Crippen LogP contribution < -0.4 is 0 Å². The second kappa shape index (κ2) is 4.65. The van der Waals surface area contributed by atoms with Crippen molar-refractivity contribution in [1.29, 1.82) is 0 Å². The zero-order chi connectivity index (χ0) is 10.7. The molecule has 0 aromatic heterocycles. The van der Waals surface area contributed by atoms with Gasteiger partial charge in [0.05, 0.1) is 0 Å². The summed E-state index contributed by atoms with van der Waals surface area (Å²) in [5.74, 6) is 0.458. The summed E-state index contributed by atoms with van der Waals surface area (Å²) in [5, 5.41) is 0.877. The van der Waals surface area contributed by atoms with Gasteiger partial charge in [0.2, 0.25) is 0 Å². The lowest BCUT2D eigenvalue weighted by Gasteiger charge is -2.13. The van der Waals surface area contributed by atoms with Crippen LogP contribution in [-0.2, 0) is 0 Å². The Balaban J connectivity index is 3.08. The van der Waals surface area contributed by atoms with Crippen molar-refractivity contribution in [3.63, 3.8) is 0 Å². The van der Waals surface area contributed by atoms with Crippen LogP contribution in [0.3, 0.4) is 0 Å². The van der Waals surface area contributed by atoms with Crippen molar-refractivity contribution in [2.75, 3.05) is 0 Å². The molecule has 0 amide bonds. The molecule has 1 aromatic rings. The number of rotatable bonds is 3. The van der Waals surface area contributed by atoms with Crippen LogP contribution in [0.4, 0.5) is 0 Å². The van der Waals surface area contributed by atoms with Crippen LogP contribution in [0.5, 0.6) is 0 Å². The van der Waals surface area contributed by atoms with E-state index in [1.165, 1.54) is 16.7 Å². The molecule has 1 heteroatoms. The summed E-state index contributed by atoms with van der Waals surface area (Å²) in [6, 6.07) is 4.23. The molecule has 0 heterocycles. The van der Waals surface area contributed by atoms with E-state index < -0.39 is 0 Å². The van der Waals surface area contributed by atoms with Crippen LogP contribution in [0.2, 0.25) is 5.02 Å². The van der Waals surface area contributed by atoms with Gasteiger partial charge >= 0.3 is 0 Å². The van der Waals surface area contributed by atoms with Crippen molar-refractivity contribution >= 4 is 11.6 Å². The predicted molar refractivity (Wildman–Crippen MR) is 64.2 cm³/mol. The van der Waals surface area contributed by atoms with E-state index in [-0.39, 0.29) is 0 Å². The standard InChI is InChI=1S/C13H17Cl/c1-5-6-9(2)12-7-10(3)11(4)8-13(12)14/h5,7-9H,1,6H2,2-4H3. The normalized spacial score (nSPS) is 12.6. The van der Waals surface area contributed by atoms with Gasteiger partial charge in [0.25, 0.3) is 0 Å². The number of allylic oxidation sites excluding steroid dienone is 1. The summed E-state index contributed by atoms with van der Waals surface area (Å²) in [7, 11) is 0. The molecule has 0 saturated carbocycles. The third-order valence-electron chi connectivity index (χ3n) is 2.66. The monoisotopic (exact) mass is 208 g/mol. The molecule has 0 saturated heterocycles. The van der Waals surface area contributed by atoms with Crippen LogP contribution in [0.1, 0.15) is 36.0 Å². The van der Waals surface area contributed by atoms with Gasteiger partial charge in [-0.1, -0.05) is 30.7 Å². The van der Waals surface area contributed by atoms with Gasteiger partial charge in [-0.15, -0.1) is 6.58 Å². The maximum atomic E-state index is 6.20. The zero-order valence-electron chi connectivity index (χ0n) is 9.10. The first-order valence-electron chi connectivity index (χ1n) is 4.93. The van der Waals surface area contributed by atoms with Gasteiger partial charge in [0, 0.05) is 5.02 Å². The van der Waals surface area contributed by atoms with Crippen molar-refractivity contribution in [2.24, 2.45) is 0 Å². The summed E-state index contributed by atoms with van der Waals surface area (Å²) in [5.41, 5.74) is 3.79. The maximum absolute atomic E-state index is 6.20. The summed E-state index contributed by atoms with van der Waals surface area (Å²) in [4.78, 5) is 0. The Morgan fingerprint density at radius 2 is 1.93 bits per heavy atom. The number of aryl methyl sites for hydroxylation is 2. The number of halogens is 1. The van der Waals surface area contributed by atoms with E-state index >= 15 is 0 Å². The van der Waals surface area contributed by atoms with Gasteiger partial charge < -0.3 is 0 Å². The number of benzene rings is 1. The molecule has 1 atom stereocenters. The highest BCUT2D eigenvalue weighted by Crippen LogP contribution is 2.29. The molecule has 1 unspecified atom stereocenters. The topological polar surface area (TPSA) is 0 Å². The minimum Gasteiger partial charge on any atom is -0.103 e. The molecule has 0 spiro atoms. The average molecular weight is 209 g/mol. The molecular formula is C13H17Cl. The lowest BCUT2D eigenvalue weighted by Crippen LogP contribution is -1.95. The molecule has 0 aliphatic carbocycles. The van der Waals surface area contributed by atoms with E-state index in [1.807, 2.05) is 12.1 Å². The van der Waals surface area contributed by atoms with Gasteiger partial charge in [0.15, 0.2) is 0 Å². The fourth-order valence-corrected chi connectivity index (χ4v) is 1.96. The van der Waals surface area contributed by atoms with Crippen molar-refractivity contribution in [3.05, 3.63) is 46.5 Å². The summed E-state index contributed by atoms with van der Waals surface area (Å²) >= 11 is 6.20. The van der Waals surface area contributed by atoms with Crippen molar-refractivity contribution < 1.29 is 0 Å². The molecule has 0 aliphatic heterocycles. The van der Waals surface area contributed by atoms with Gasteiger partial charge in [-0.3, -0.25) is 0 Å². The van der Waals surface area contributed by atoms with Crippen LogP contribution in [0.25, 0.3) is 0 Å². The SMILES string of the molecule is C=CCC(C)c1cc(C)c(C)cc1Cl. The van der Waals surface area contributed by atoms with Crippen LogP contribution in [0.15, 0.2) is 24.8 Å². The molecule has 0 aliphatic rings. The van der Waals surface area contributed by atoms with E-state index in [2.05, 4.69) is 33.4 Å². The highest BCUT2D eigenvalue weighted by Gasteiger charge is 2.09. The Labute approximate surface area is 91.6 Å². The second-order valence-corrected chi connectivity index (χ2v) is 4.29. The van der Waals surface area contributed by atoms with E-state index in [0.29, 0.717) is 5.92 Å². The average Bonchev–Trinajstić information content (AvgIpc) is 2.11. The largest absolute Gasteiger partial charge is 0.103 e. The molecule has 1 aromatic carbocycles. The Bertz CT molecular complexity index is 339. The predicted octanol–water partition coefficient (Wildman–Crippen LogP) is 4.64. The van der Waals surface area contributed by atoms with Crippen LogP contribution >= 0.6 is 11.6 Å². The Morgan fingerprint density at radius 3 is 2.50 bits per heavy atom. The highest BCUT2D eigenvalue weighted by atomic mass is 35.5. The summed E-state index contributed by atoms with van der Waals surface area (Å²) < 4.78 is 0. The minimum absolute atomic E-state index is 0.458. The quantitative estimate of drug-likeness (QED) is 0.635. The Morgan fingerprint density at radius 1 is 1.36 bits per heavy atom. The first-order chi connectivity index (χ1) is 6.56. The van der Waals surface area contributed by atoms with Gasteiger partial charge in [-0.05, 0) is 48.9 Å². The summed E-state index contributed by atoms with van der Waals surface area (Å²) in [6.07, 6.45) is 2.92. The Hall–Kier alpha value is -0.750. The molecule has 0 fully saturated rings. The smallest absolute Gasteiger partial charge is 0.0443 e. The molecule has 0 N–H and O–H groups in total. The summed E-state index contributed by atoms with van der Waals surface area (Å²) in [6.45, 7) is 10.1. The molecule has 76 valence electrons. The first-order valence-corrected chi connectivity index (χ1v) is 5.31. The lowest BCUT2D eigenvalue weighted by molar-refractivity contribution is 0.780. The first kappa shape index (κ1) is 11.3. The van der Waals surface area contributed by atoms with Gasteiger partial charge in [-0.2, -0.15) is 0 Å². The van der Waals surface area contributed by atoms with Gasteiger partial charge in [-0.25, -0.2) is 0 Å². The van der Waals surface area contributed by atoms with E-state index in [1.54, 1.807) is 0 Å². The minimum atomic E-state index is 0.458. The van der Waals surface area contributed by atoms with Crippen molar-refractivity contribution in [3.8, 4) is 0 Å². The third-order valence-corrected chi connectivity index (χ3v) is 2.99. The van der Waals surface area contributed by atoms with Crippen LogP contribution in [-0.4, -0.2) is 0 Å². The van der Waals surface area contributed by atoms with Crippen LogP contribution in [0, 0.1) is 13.8 Å². The molecule has 1 rings (SSSR count). The molecule has 0 radical (unpaired) electrons. The molecule has 0 bridgehead atoms.